The molecule has 0 radical (unpaired) electrons. The van der Waals surface area contributed by atoms with Gasteiger partial charge in [-0.15, -0.1) is 0 Å². The SMILES string of the molecule is Cc1ncc(-c2ccc3c(c2)N(c2ccc4c(C)nn(C)c4n2)C(=O)C3(C)C)cn1. The molecule has 0 spiro atoms. The predicted octanol–water partition coefficient (Wildman–Crippen LogP) is 4.00. The zero-order valence-corrected chi connectivity index (χ0v) is 17.6. The Labute approximate surface area is 174 Å². The maximum atomic E-state index is 13.4. The molecule has 0 bridgehead atoms. The molecule has 150 valence electrons. The van der Waals surface area contributed by atoms with Crippen molar-refractivity contribution in [3.63, 3.8) is 0 Å². The van der Waals surface area contributed by atoms with Gasteiger partial charge < -0.3 is 0 Å². The molecular weight excluding hydrogens is 376 g/mol. The van der Waals surface area contributed by atoms with Gasteiger partial charge in [0.25, 0.3) is 0 Å². The van der Waals surface area contributed by atoms with E-state index in [0.717, 1.165) is 44.9 Å². The summed E-state index contributed by atoms with van der Waals surface area (Å²) in [7, 11) is 1.87. The Hall–Kier alpha value is -3.61. The molecule has 1 aromatic carbocycles. The Morgan fingerprint density at radius 1 is 0.967 bits per heavy atom. The predicted molar refractivity (Wildman–Crippen MR) is 116 cm³/mol. The van der Waals surface area contributed by atoms with Gasteiger partial charge in [-0.25, -0.2) is 15.0 Å². The van der Waals surface area contributed by atoms with Crippen molar-refractivity contribution in [1.82, 2.24) is 24.7 Å². The number of amides is 1. The molecule has 3 aromatic heterocycles. The van der Waals surface area contributed by atoms with Crippen LogP contribution in [0.15, 0.2) is 42.7 Å². The third-order valence-electron chi connectivity index (χ3n) is 5.85. The Balaban J connectivity index is 1.69. The smallest absolute Gasteiger partial charge is 0.242 e. The lowest BCUT2D eigenvalue weighted by Gasteiger charge is -2.19. The fraction of sp³-hybridized carbons (Fsp3) is 0.261. The Morgan fingerprint density at radius 2 is 1.70 bits per heavy atom. The highest BCUT2D eigenvalue weighted by molar-refractivity contribution is 6.12. The number of hydrogen-bond donors (Lipinski definition) is 0. The van der Waals surface area contributed by atoms with Crippen LogP contribution in [0.25, 0.3) is 22.2 Å². The first-order valence-electron chi connectivity index (χ1n) is 9.86. The quantitative estimate of drug-likeness (QED) is 0.510. The summed E-state index contributed by atoms with van der Waals surface area (Å²) in [4.78, 5) is 28.6. The fourth-order valence-corrected chi connectivity index (χ4v) is 4.12. The Morgan fingerprint density at radius 3 is 2.43 bits per heavy atom. The first-order valence-corrected chi connectivity index (χ1v) is 9.86. The molecule has 0 N–H and O–H groups in total. The molecule has 0 atom stereocenters. The van der Waals surface area contributed by atoms with E-state index in [1.807, 2.05) is 65.1 Å². The Bertz CT molecular complexity index is 1320. The van der Waals surface area contributed by atoms with Crippen LogP contribution in [0.1, 0.15) is 30.9 Å². The summed E-state index contributed by atoms with van der Waals surface area (Å²) in [5.41, 5.74) is 4.72. The first-order chi connectivity index (χ1) is 14.3. The lowest BCUT2D eigenvalue weighted by atomic mass is 9.85. The van der Waals surface area contributed by atoms with Crippen molar-refractivity contribution < 1.29 is 4.79 Å². The molecule has 0 saturated heterocycles. The van der Waals surface area contributed by atoms with Crippen LogP contribution < -0.4 is 4.90 Å². The molecule has 7 heteroatoms. The van der Waals surface area contributed by atoms with Crippen molar-refractivity contribution in [2.24, 2.45) is 7.05 Å². The van der Waals surface area contributed by atoms with E-state index in [0.29, 0.717) is 5.82 Å². The summed E-state index contributed by atoms with van der Waals surface area (Å²) >= 11 is 0. The monoisotopic (exact) mass is 398 g/mol. The summed E-state index contributed by atoms with van der Waals surface area (Å²) < 4.78 is 1.75. The molecule has 1 aliphatic heterocycles. The Kier molecular flexibility index (Phi) is 3.80. The number of carbonyl (C=O) groups is 1. The highest BCUT2D eigenvalue weighted by atomic mass is 16.2. The maximum absolute atomic E-state index is 13.4. The second-order valence-corrected chi connectivity index (χ2v) is 8.27. The van der Waals surface area contributed by atoms with Gasteiger partial charge >= 0.3 is 0 Å². The lowest BCUT2D eigenvalue weighted by Crippen LogP contribution is -2.33. The molecule has 0 aliphatic carbocycles. The highest BCUT2D eigenvalue weighted by Crippen LogP contribution is 2.46. The maximum Gasteiger partial charge on any atom is 0.242 e. The van der Waals surface area contributed by atoms with E-state index in [9.17, 15) is 4.79 Å². The minimum Gasteiger partial charge on any atom is -0.273 e. The minimum absolute atomic E-state index is 0.000506. The van der Waals surface area contributed by atoms with Gasteiger partial charge in [-0.1, -0.05) is 12.1 Å². The molecule has 0 unspecified atom stereocenters. The van der Waals surface area contributed by atoms with E-state index >= 15 is 0 Å². The van der Waals surface area contributed by atoms with Gasteiger partial charge in [-0.05, 0) is 57.0 Å². The van der Waals surface area contributed by atoms with Crippen molar-refractivity contribution in [1.29, 1.82) is 0 Å². The van der Waals surface area contributed by atoms with Crippen LogP contribution >= 0.6 is 0 Å². The molecule has 1 amide bonds. The number of fused-ring (bicyclic) bond motifs is 2. The average Bonchev–Trinajstić information content (AvgIpc) is 3.12. The van der Waals surface area contributed by atoms with E-state index in [-0.39, 0.29) is 5.91 Å². The molecule has 1 aliphatic rings. The number of aryl methyl sites for hydroxylation is 3. The number of aromatic nitrogens is 5. The van der Waals surface area contributed by atoms with E-state index in [1.54, 1.807) is 22.0 Å². The number of hydrogen-bond acceptors (Lipinski definition) is 5. The van der Waals surface area contributed by atoms with Gasteiger partial charge in [0.15, 0.2) is 5.65 Å². The highest BCUT2D eigenvalue weighted by Gasteiger charge is 2.45. The summed E-state index contributed by atoms with van der Waals surface area (Å²) in [6, 6.07) is 9.94. The van der Waals surface area contributed by atoms with E-state index in [4.69, 9.17) is 4.98 Å². The normalized spacial score (nSPS) is 15.1. The van der Waals surface area contributed by atoms with Crippen LogP contribution in [0.5, 0.6) is 0 Å². The standard InChI is InChI=1S/C23H22N6O/c1-13-17-7-9-20(26-21(17)28(5)27-13)29-19-10-15(16-11-24-14(2)25-12-16)6-8-18(19)23(3,4)22(29)30/h6-12H,1-5H3. The van der Waals surface area contributed by atoms with Crippen molar-refractivity contribution in [3.05, 3.63) is 59.8 Å². The van der Waals surface area contributed by atoms with Gasteiger partial charge in [0, 0.05) is 30.4 Å². The number of carbonyl (C=O) groups excluding carboxylic acids is 1. The third-order valence-corrected chi connectivity index (χ3v) is 5.85. The molecule has 0 saturated carbocycles. The minimum atomic E-state index is -0.642. The van der Waals surface area contributed by atoms with Crippen LogP contribution in [0.2, 0.25) is 0 Å². The van der Waals surface area contributed by atoms with E-state index in [1.165, 1.54) is 0 Å². The molecule has 0 fully saturated rings. The number of benzene rings is 1. The fourth-order valence-electron chi connectivity index (χ4n) is 4.12. The zero-order valence-electron chi connectivity index (χ0n) is 17.6. The third kappa shape index (κ3) is 2.55. The number of rotatable bonds is 2. The van der Waals surface area contributed by atoms with Gasteiger partial charge in [0.1, 0.15) is 11.6 Å². The van der Waals surface area contributed by atoms with E-state index < -0.39 is 5.41 Å². The summed E-state index contributed by atoms with van der Waals surface area (Å²) in [5, 5.41) is 5.43. The largest absolute Gasteiger partial charge is 0.273 e. The average molecular weight is 398 g/mol. The van der Waals surface area contributed by atoms with Crippen LogP contribution in [-0.2, 0) is 17.3 Å². The number of nitrogens with zero attached hydrogens (tertiary/aromatic N) is 6. The van der Waals surface area contributed by atoms with Crippen LogP contribution in [0, 0.1) is 13.8 Å². The van der Waals surface area contributed by atoms with Crippen molar-refractivity contribution in [3.8, 4) is 11.1 Å². The molecule has 4 heterocycles. The van der Waals surface area contributed by atoms with Crippen LogP contribution in [0.4, 0.5) is 11.5 Å². The zero-order chi connectivity index (χ0) is 21.2. The van der Waals surface area contributed by atoms with E-state index in [2.05, 4.69) is 15.1 Å². The van der Waals surface area contributed by atoms with Crippen molar-refractivity contribution in [2.45, 2.75) is 33.1 Å². The van der Waals surface area contributed by atoms with Gasteiger partial charge in [-0.2, -0.15) is 5.10 Å². The van der Waals surface area contributed by atoms with Crippen molar-refractivity contribution >= 4 is 28.4 Å². The van der Waals surface area contributed by atoms with Crippen LogP contribution in [-0.4, -0.2) is 30.6 Å². The second-order valence-electron chi connectivity index (χ2n) is 8.27. The molecular formula is C23H22N6O. The number of pyridine rings is 1. The van der Waals surface area contributed by atoms with Crippen molar-refractivity contribution in [2.75, 3.05) is 4.90 Å². The molecule has 5 rings (SSSR count). The topological polar surface area (TPSA) is 76.8 Å². The summed E-state index contributed by atoms with van der Waals surface area (Å²) in [6.45, 7) is 7.72. The molecule has 7 nitrogen and oxygen atoms in total. The van der Waals surface area contributed by atoms with Gasteiger partial charge in [0.05, 0.1) is 16.8 Å². The lowest BCUT2D eigenvalue weighted by molar-refractivity contribution is -0.121. The summed E-state index contributed by atoms with van der Waals surface area (Å²) in [6.07, 6.45) is 3.61. The molecule has 30 heavy (non-hydrogen) atoms. The second kappa shape index (κ2) is 6.19. The number of anilines is 2. The first kappa shape index (κ1) is 18.4. The molecule has 4 aromatic rings. The summed E-state index contributed by atoms with van der Waals surface area (Å²) in [5.74, 6) is 1.32. The van der Waals surface area contributed by atoms with Crippen LogP contribution in [0.3, 0.4) is 0 Å². The van der Waals surface area contributed by atoms with Gasteiger partial charge in [-0.3, -0.25) is 14.4 Å². The van der Waals surface area contributed by atoms with Gasteiger partial charge in [0.2, 0.25) is 5.91 Å².